The van der Waals surface area contributed by atoms with Crippen LogP contribution < -0.4 is 27.5 Å². The minimum atomic E-state index is -0.604. The molecule has 202 valence electrons. The molecule has 3 fully saturated rings. The summed E-state index contributed by atoms with van der Waals surface area (Å²) < 4.78 is 5.58. The zero-order valence-electron chi connectivity index (χ0n) is 21.7. The van der Waals surface area contributed by atoms with E-state index in [1.165, 1.54) is 44.5 Å². The minimum absolute atomic E-state index is 0.364. The number of nitrogens with zero attached hydrogens (tertiary/aromatic N) is 6. The van der Waals surface area contributed by atoms with Gasteiger partial charge in [0.15, 0.2) is 5.82 Å². The van der Waals surface area contributed by atoms with Gasteiger partial charge in [-0.05, 0) is 62.6 Å². The number of pyridine rings is 1. The number of ether oxygens (including phenoxy) is 1. The van der Waals surface area contributed by atoms with E-state index in [2.05, 4.69) is 31.2 Å². The molecule has 2 saturated heterocycles. The SMILES string of the molecule is N/C=C\C=Nc1cncc(/C(N)=C/N(N)C2(c3ccc(N4CCC[C@@H](NCC5CCC5)C4)cn3)COC2)n1. The van der Waals surface area contributed by atoms with Gasteiger partial charge in [0.05, 0.1) is 48.9 Å². The van der Waals surface area contributed by atoms with Gasteiger partial charge in [0, 0.05) is 31.5 Å². The first kappa shape index (κ1) is 26.1. The van der Waals surface area contributed by atoms with Crippen LogP contribution in [0.25, 0.3) is 5.70 Å². The van der Waals surface area contributed by atoms with E-state index in [0.29, 0.717) is 36.5 Å². The third kappa shape index (κ3) is 5.79. The van der Waals surface area contributed by atoms with E-state index in [1.54, 1.807) is 29.7 Å². The normalized spacial score (nSPS) is 22.0. The molecule has 3 aliphatic rings. The van der Waals surface area contributed by atoms with E-state index >= 15 is 0 Å². The molecule has 11 heteroatoms. The Hall–Kier alpha value is -3.54. The molecule has 0 radical (unpaired) electrons. The van der Waals surface area contributed by atoms with Gasteiger partial charge in [0.1, 0.15) is 11.2 Å². The molecule has 1 saturated carbocycles. The summed E-state index contributed by atoms with van der Waals surface area (Å²) in [5, 5.41) is 5.37. The fourth-order valence-corrected chi connectivity index (χ4v) is 5.05. The number of piperidine rings is 1. The Morgan fingerprint density at radius 1 is 1.21 bits per heavy atom. The molecule has 0 spiro atoms. The number of hydrazine groups is 1. The van der Waals surface area contributed by atoms with Crippen LogP contribution in [0.3, 0.4) is 0 Å². The van der Waals surface area contributed by atoms with Crippen molar-refractivity contribution in [3.05, 3.63) is 60.6 Å². The zero-order chi connectivity index (χ0) is 26.4. The first-order chi connectivity index (χ1) is 18.6. The van der Waals surface area contributed by atoms with Gasteiger partial charge in [-0.2, -0.15) is 0 Å². The summed E-state index contributed by atoms with van der Waals surface area (Å²) >= 11 is 0. The molecule has 4 heterocycles. The van der Waals surface area contributed by atoms with E-state index in [-0.39, 0.29) is 0 Å². The standard InChI is InChI=1S/C27H38N10O/c28-9-3-10-32-26-15-31-14-24(35-26)23(29)17-37(30)27(18-38-19-27)25-8-7-22(13-34-25)36-11-2-6-21(16-36)33-12-20-4-1-5-20/h3,7-10,13-15,17,20-21,33H,1-2,4-6,11-12,16,18-19,28-30H2/b9-3-,23-17-,32-10?/t21-/m1/s1. The highest BCUT2D eigenvalue weighted by Crippen LogP contribution is 2.35. The second-order valence-electron chi connectivity index (χ2n) is 10.3. The Labute approximate surface area is 223 Å². The van der Waals surface area contributed by atoms with Crippen LogP contribution in [0.15, 0.2) is 54.2 Å². The lowest BCUT2D eigenvalue weighted by Gasteiger charge is -2.46. The Morgan fingerprint density at radius 3 is 2.76 bits per heavy atom. The van der Waals surface area contributed by atoms with Crippen LogP contribution in [0.2, 0.25) is 0 Å². The minimum Gasteiger partial charge on any atom is -0.405 e. The van der Waals surface area contributed by atoms with Crippen LogP contribution in [-0.2, 0) is 10.3 Å². The molecule has 5 rings (SSSR count). The van der Waals surface area contributed by atoms with Gasteiger partial charge in [-0.1, -0.05) is 6.42 Å². The molecule has 2 aromatic rings. The Morgan fingerprint density at radius 2 is 2.08 bits per heavy atom. The maximum absolute atomic E-state index is 6.53. The topological polar surface area (TPSA) is 157 Å². The third-order valence-electron chi connectivity index (χ3n) is 7.71. The average Bonchev–Trinajstić information content (AvgIpc) is 2.88. The van der Waals surface area contributed by atoms with Crippen molar-refractivity contribution in [2.75, 3.05) is 37.7 Å². The summed E-state index contributed by atoms with van der Waals surface area (Å²) in [7, 11) is 0. The lowest BCUT2D eigenvalue weighted by molar-refractivity contribution is -0.133. The van der Waals surface area contributed by atoms with Crippen molar-refractivity contribution in [2.24, 2.45) is 28.2 Å². The fraction of sp³-hybridized carbons (Fsp3) is 0.481. The Kier molecular flexibility index (Phi) is 8.16. The van der Waals surface area contributed by atoms with Crippen LogP contribution in [-0.4, -0.2) is 65.1 Å². The van der Waals surface area contributed by atoms with Gasteiger partial charge < -0.3 is 26.4 Å². The maximum atomic E-state index is 6.53. The molecule has 11 nitrogen and oxygen atoms in total. The largest absolute Gasteiger partial charge is 0.405 e. The second-order valence-corrected chi connectivity index (χ2v) is 10.3. The van der Waals surface area contributed by atoms with Crippen LogP contribution in [0, 0.1) is 5.92 Å². The molecule has 2 aliphatic heterocycles. The zero-order valence-corrected chi connectivity index (χ0v) is 21.7. The van der Waals surface area contributed by atoms with Crippen molar-refractivity contribution in [2.45, 2.75) is 43.7 Å². The number of nitrogens with two attached hydrogens (primary N) is 3. The summed E-state index contributed by atoms with van der Waals surface area (Å²) in [5.74, 6) is 7.82. The molecular weight excluding hydrogens is 480 g/mol. The van der Waals surface area contributed by atoms with Crippen molar-refractivity contribution in [3.8, 4) is 0 Å². The lowest BCUT2D eigenvalue weighted by Crippen LogP contribution is -2.60. The van der Waals surface area contributed by atoms with Gasteiger partial charge in [-0.3, -0.25) is 15.0 Å². The van der Waals surface area contributed by atoms with E-state index in [4.69, 9.17) is 27.0 Å². The Balaban J connectivity index is 1.25. The van der Waals surface area contributed by atoms with Crippen LogP contribution in [0.4, 0.5) is 11.5 Å². The van der Waals surface area contributed by atoms with Crippen molar-refractivity contribution in [3.63, 3.8) is 0 Å². The maximum Gasteiger partial charge on any atom is 0.171 e. The van der Waals surface area contributed by atoms with Crippen molar-refractivity contribution < 1.29 is 4.74 Å². The van der Waals surface area contributed by atoms with E-state index in [0.717, 1.165) is 36.9 Å². The van der Waals surface area contributed by atoms with Crippen molar-refractivity contribution in [1.82, 2.24) is 25.3 Å². The summed E-state index contributed by atoms with van der Waals surface area (Å²) in [5.41, 5.74) is 13.9. The van der Waals surface area contributed by atoms with E-state index < -0.39 is 5.54 Å². The first-order valence-corrected chi connectivity index (χ1v) is 13.3. The predicted octanol–water partition coefficient (Wildman–Crippen LogP) is 1.76. The number of rotatable bonds is 10. The lowest BCUT2D eigenvalue weighted by atomic mass is 9.85. The molecule has 38 heavy (non-hydrogen) atoms. The second kappa shape index (κ2) is 11.9. The van der Waals surface area contributed by atoms with Gasteiger partial charge in [0.2, 0.25) is 0 Å². The molecular formula is C27H38N10O. The highest BCUT2D eigenvalue weighted by molar-refractivity contribution is 5.73. The predicted molar refractivity (Wildman–Crippen MR) is 149 cm³/mol. The van der Waals surface area contributed by atoms with Crippen LogP contribution >= 0.6 is 0 Å². The summed E-state index contributed by atoms with van der Waals surface area (Å²) in [6.45, 7) is 4.04. The Bertz CT molecular complexity index is 1160. The molecule has 1 aliphatic carbocycles. The molecule has 0 amide bonds. The average molecular weight is 519 g/mol. The summed E-state index contributed by atoms with van der Waals surface area (Å²) in [4.78, 5) is 20.0. The summed E-state index contributed by atoms with van der Waals surface area (Å²) in [6, 6.07) is 4.72. The number of aliphatic imine (C=N–C) groups is 1. The molecule has 1 atom stereocenters. The van der Waals surface area contributed by atoms with Gasteiger partial charge in [-0.25, -0.2) is 15.8 Å². The number of aromatic nitrogens is 3. The smallest absolute Gasteiger partial charge is 0.171 e. The first-order valence-electron chi connectivity index (χ1n) is 13.3. The third-order valence-corrected chi connectivity index (χ3v) is 7.71. The fourth-order valence-electron chi connectivity index (χ4n) is 5.05. The number of anilines is 1. The van der Waals surface area contributed by atoms with E-state index in [1.807, 2.05) is 12.3 Å². The van der Waals surface area contributed by atoms with E-state index in [9.17, 15) is 0 Å². The van der Waals surface area contributed by atoms with Gasteiger partial charge in [-0.15, -0.1) is 0 Å². The van der Waals surface area contributed by atoms with Crippen molar-refractivity contribution >= 4 is 23.4 Å². The number of hydrogen-bond acceptors (Lipinski definition) is 11. The highest BCUT2D eigenvalue weighted by atomic mass is 16.5. The summed E-state index contributed by atoms with van der Waals surface area (Å²) in [6.07, 6.45) is 17.8. The molecule has 0 aromatic carbocycles. The number of nitrogens with one attached hydrogen (secondary N) is 1. The molecule has 0 unspecified atom stereocenters. The molecule has 7 N–H and O–H groups in total. The number of hydrogen-bond donors (Lipinski definition) is 4. The van der Waals surface area contributed by atoms with Gasteiger partial charge in [0.25, 0.3) is 0 Å². The van der Waals surface area contributed by atoms with Crippen molar-refractivity contribution in [1.29, 1.82) is 0 Å². The van der Waals surface area contributed by atoms with Gasteiger partial charge >= 0.3 is 0 Å². The highest BCUT2D eigenvalue weighted by Gasteiger charge is 2.45. The molecule has 2 aromatic heterocycles. The quantitative estimate of drug-likeness (QED) is 0.208. The van der Waals surface area contributed by atoms with Crippen LogP contribution in [0.1, 0.15) is 43.5 Å². The number of allylic oxidation sites excluding steroid dienone is 1. The van der Waals surface area contributed by atoms with Crippen LogP contribution in [0.5, 0.6) is 0 Å². The molecule has 0 bridgehead atoms. The monoisotopic (exact) mass is 518 g/mol.